The average Bonchev–Trinajstić information content (AvgIpc) is 2.26. The van der Waals surface area contributed by atoms with E-state index in [2.05, 4.69) is 10.7 Å². The van der Waals surface area contributed by atoms with Gasteiger partial charge in [0.2, 0.25) is 0 Å². The first kappa shape index (κ1) is 11.6. The molecule has 0 saturated heterocycles. The summed E-state index contributed by atoms with van der Waals surface area (Å²) in [5.74, 6) is 2.13. The summed E-state index contributed by atoms with van der Waals surface area (Å²) >= 11 is 5.93. The van der Waals surface area contributed by atoms with Crippen LogP contribution in [0.4, 0.5) is 0 Å². The van der Waals surface area contributed by atoms with Crippen LogP contribution in [0.1, 0.15) is 28.8 Å². The molecule has 78 valence electrons. The lowest BCUT2D eigenvalue weighted by Gasteiger charge is -2.07. The highest BCUT2D eigenvalue weighted by Crippen LogP contribution is 2.23. The van der Waals surface area contributed by atoms with Crippen molar-refractivity contribution in [1.29, 1.82) is 0 Å². The second kappa shape index (κ2) is 4.86. The molecule has 0 N–H and O–H groups in total. The van der Waals surface area contributed by atoms with Gasteiger partial charge in [-0.25, -0.2) is 4.79 Å². The topological polar surface area (TPSA) is 26.3 Å². The summed E-state index contributed by atoms with van der Waals surface area (Å²) in [6.07, 6.45) is 5.29. The molecule has 0 aliphatic carbocycles. The molecule has 15 heavy (non-hydrogen) atoms. The van der Waals surface area contributed by atoms with Crippen LogP contribution >= 0.6 is 11.6 Å². The van der Waals surface area contributed by atoms with Gasteiger partial charge in [-0.15, -0.1) is 6.42 Å². The fraction of sp³-hybridized carbons (Fsp3) is 0.250. The highest BCUT2D eigenvalue weighted by atomic mass is 35.5. The molecule has 1 atom stereocenters. The Bertz CT molecular complexity index is 418. The van der Waals surface area contributed by atoms with Crippen LogP contribution in [0.25, 0.3) is 0 Å². The van der Waals surface area contributed by atoms with E-state index >= 15 is 0 Å². The predicted octanol–water partition coefficient (Wildman–Crippen LogP) is 2.86. The SMILES string of the molecule is C#CC(C)c1ccc(C(=O)OC)c(Cl)c1. The first-order valence-corrected chi connectivity index (χ1v) is 4.81. The normalized spacial score (nSPS) is 11.6. The molecule has 1 aromatic rings. The molecule has 1 aromatic carbocycles. The van der Waals surface area contributed by atoms with E-state index in [0.717, 1.165) is 5.56 Å². The van der Waals surface area contributed by atoms with Crippen molar-refractivity contribution >= 4 is 17.6 Å². The molecule has 0 spiro atoms. The first-order valence-electron chi connectivity index (χ1n) is 4.44. The maximum Gasteiger partial charge on any atom is 0.339 e. The fourth-order valence-corrected chi connectivity index (χ4v) is 1.44. The van der Waals surface area contributed by atoms with Gasteiger partial charge in [0.25, 0.3) is 0 Å². The summed E-state index contributed by atoms with van der Waals surface area (Å²) < 4.78 is 4.58. The van der Waals surface area contributed by atoms with Crippen LogP contribution in [0, 0.1) is 12.3 Å². The minimum absolute atomic E-state index is 0.0193. The second-order valence-electron chi connectivity index (χ2n) is 3.12. The van der Waals surface area contributed by atoms with Crippen LogP contribution in [0.3, 0.4) is 0 Å². The van der Waals surface area contributed by atoms with Gasteiger partial charge in [-0.3, -0.25) is 0 Å². The lowest BCUT2D eigenvalue weighted by Crippen LogP contribution is -2.02. The fourth-order valence-electron chi connectivity index (χ4n) is 1.17. The van der Waals surface area contributed by atoms with Gasteiger partial charge in [0.15, 0.2) is 0 Å². The van der Waals surface area contributed by atoms with Crippen molar-refractivity contribution in [3.05, 3.63) is 34.3 Å². The smallest absolute Gasteiger partial charge is 0.339 e. The summed E-state index contributed by atoms with van der Waals surface area (Å²) in [4.78, 5) is 11.2. The third kappa shape index (κ3) is 2.51. The molecule has 2 nitrogen and oxygen atoms in total. The standard InChI is InChI=1S/C12H11ClO2/c1-4-8(2)9-5-6-10(11(13)7-9)12(14)15-3/h1,5-8H,2-3H3. The molecule has 0 aliphatic rings. The number of halogens is 1. The van der Waals surface area contributed by atoms with Crippen molar-refractivity contribution in [2.75, 3.05) is 7.11 Å². The lowest BCUT2D eigenvalue weighted by molar-refractivity contribution is 0.0601. The number of methoxy groups -OCH3 is 1. The summed E-state index contributed by atoms with van der Waals surface area (Å²) in [5, 5.41) is 0.362. The number of rotatable bonds is 2. The number of ether oxygens (including phenoxy) is 1. The van der Waals surface area contributed by atoms with E-state index in [1.54, 1.807) is 18.2 Å². The first-order chi connectivity index (χ1) is 7.10. The van der Waals surface area contributed by atoms with Crippen LogP contribution < -0.4 is 0 Å². The molecular weight excluding hydrogens is 212 g/mol. The summed E-state index contributed by atoms with van der Waals surface area (Å²) in [5.41, 5.74) is 1.27. The van der Waals surface area contributed by atoms with Crippen LogP contribution in [0.2, 0.25) is 5.02 Å². The lowest BCUT2D eigenvalue weighted by atomic mass is 10.0. The van der Waals surface area contributed by atoms with Crippen molar-refractivity contribution in [3.8, 4) is 12.3 Å². The Kier molecular flexibility index (Phi) is 3.76. The van der Waals surface area contributed by atoms with Crippen molar-refractivity contribution in [2.45, 2.75) is 12.8 Å². The Balaban J connectivity index is 3.10. The zero-order valence-corrected chi connectivity index (χ0v) is 9.34. The van der Waals surface area contributed by atoms with Gasteiger partial charge in [0.05, 0.1) is 17.7 Å². The molecule has 0 radical (unpaired) electrons. The molecule has 0 saturated carbocycles. The number of benzene rings is 1. The van der Waals surface area contributed by atoms with E-state index in [4.69, 9.17) is 18.0 Å². The van der Waals surface area contributed by atoms with Crippen LogP contribution in [0.15, 0.2) is 18.2 Å². The second-order valence-corrected chi connectivity index (χ2v) is 3.53. The van der Waals surface area contributed by atoms with Gasteiger partial charge in [-0.2, -0.15) is 0 Å². The Morgan fingerprint density at radius 2 is 2.27 bits per heavy atom. The van der Waals surface area contributed by atoms with E-state index in [0.29, 0.717) is 10.6 Å². The van der Waals surface area contributed by atoms with Gasteiger partial charge in [0, 0.05) is 5.92 Å². The minimum atomic E-state index is -0.445. The quantitative estimate of drug-likeness (QED) is 0.568. The van der Waals surface area contributed by atoms with Crippen molar-refractivity contribution in [1.82, 2.24) is 0 Å². The molecule has 0 aromatic heterocycles. The third-order valence-corrected chi connectivity index (χ3v) is 2.46. The Hall–Kier alpha value is -1.46. The van der Waals surface area contributed by atoms with Crippen molar-refractivity contribution < 1.29 is 9.53 Å². The molecule has 0 heterocycles. The largest absolute Gasteiger partial charge is 0.465 e. The minimum Gasteiger partial charge on any atom is -0.465 e. The number of hydrogen-bond acceptors (Lipinski definition) is 2. The Morgan fingerprint density at radius 1 is 1.60 bits per heavy atom. The molecule has 1 rings (SSSR count). The molecule has 1 unspecified atom stereocenters. The van der Waals surface area contributed by atoms with Gasteiger partial charge in [0.1, 0.15) is 0 Å². The van der Waals surface area contributed by atoms with E-state index in [-0.39, 0.29) is 5.92 Å². The maximum atomic E-state index is 11.2. The number of carbonyl (C=O) groups is 1. The monoisotopic (exact) mass is 222 g/mol. The molecule has 0 aliphatic heterocycles. The van der Waals surface area contributed by atoms with Gasteiger partial charge < -0.3 is 4.74 Å². The maximum absolute atomic E-state index is 11.2. The molecule has 3 heteroatoms. The zero-order chi connectivity index (χ0) is 11.4. The Labute approximate surface area is 94.2 Å². The average molecular weight is 223 g/mol. The van der Waals surface area contributed by atoms with E-state index in [9.17, 15) is 4.79 Å². The van der Waals surface area contributed by atoms with Gasteiger partial charge in [-0.05, 0) is 24.6 Å². The third-order valence-electron chi connectivity index (χ3n) is 2.15. The van der Waals surface area contributed by atoms with Gasteiger partial charge >= 0.3 is 5.97 Å². The molecular formula is C12H11ClO2. The number of hydrogen-bond donors (Lipinski definition) is 0. The molecule has 0 bridgehead atoms. The van der Waals surface area contributed by atoms with Crippen molar-refractivity contribution in [2.24, 2.45) is 0 Å². The zero-order valence-electron chi connectivity index (χ0n) is 8.58. The number of carbonyl (C=O) groups excluding carboxylic acids is 1. The molecule has 0 fully saturated rings. The number of esters is 1. The van der Waals surface area contributed by atoms with E-state index in [1.165, 1.54) is 7.11 Å². The van der Waals surface area contributed by atoms with Crippen LogP contribution in [-0.2, 0) is 4.74 Å². The number of terminal acetylenes is 1. The highest BCUT2D eigenvalue weighted by molar-refractivity contribution is 6.33. The summed E-state index contributed by atoms with van der Waals surface area (Å²) in [6.45, 7) is 1.89. The van der Waals surface area contributed by atoms with Gasteiger partial charge in [-0.1, -0.05) is 23.6 Å². The van der Waals surface area contributed by atoms with Crippen LogP contribution in [-0.4, -0.2) is 13.1 Å². The predicted molar refractivity (Wildman–Crippen MR) is 60.0 cm³/mol. The van der Waals surface area contributed by atoms with E-state index in [1.807, 2.05) is 6.92 Å². The van der Waals surface area contributed by atoms with Crippen LogP contribution in [0.5, 0.6) is 0 Å². The Morgan fingerprint density at radius 3 is 2.73 bits per heavy atom. The highest BCUT2D eigenvalue weighted by Gasteiger charge is 2.12. The summed E-state index contributed by atoms with van der Waals surface area (Å²) in [6, 6.07) is 5.10. The van der Waals surface area contributed by atoms with E-state index < -0.39 is 5.97 Å². The molecule has 0 amide bonds. The van der Waals surface area contributed by atoms with Crippen molar-refractivity contribution in [3.63, 3.8) is 0 Å². The summed E-state index contributed by atoms with van der Waals surface area (Å²) in [7, 11) is 1.32.